The van der Waals surface area contributed by atoms with E-state index in [4.69, 9.17) is 4.74 Å². The van der Waals surface area contributed by atoms with Crippen LogP contribution in [0.3, 0.4) is 0 Å². The van der Waals surface area contributed by atoms with Gasteiger partial charge in [-0.3, -0.25) is 9.69 Å². The topological polar surface area (TPSA) is 29.5 Å². The summed E-state index contributed by atoms with van der Waals surface area (Å²) in [5.41, 5.74) is 1.22. The Kier molecular flexibility index (Phi) is 7.11. The van der Waals surface area contributed by atoms with Crippen LogP contribution in [-0.2, 0) is 16.1 Å². The van der Waals surface area contributed by atoms with E-state index in [1.165, 1.54) is 5.56 Å². The summed E-state index contributed by atoms with van der Waals surface area (Å²) in [5, 5.41) is 0. The van der Waals surface area contributed by atoms with E-state index in [1.807, 2.05) is 18.2 Å². The monoisotopic (exact) mass is 249 g/mol. The second kappa shape index (κ2) is 8.70. The van der Waals surface area contributed by atoms with Crippen LogP contribution in [0.15, 0.2) is 30.3 Å². The fourth-order valence-corrected chi connectivity index (χ4v) is 1.68. The van der Waals surface area contributed by atoms with Gasteiger partial charge >= 0.3 is 5.97 Å². The lowest BCUT2D eigenvalue weighted by Gasteiger charge is -2.19. The van der Waals surface area contributed by atoms with Crippen LogP contribution in [-0.4, -0.2) is 30.6 Å². The molecule has 1 rings (SSSR count). The van der Waals surface area contributed by atoms with Crippen LogP contribution in [0, 0.1) is 0 Å². The first kappa shape index (κ1) is 14.7. The lowest BCUT2D eigenvalue weighted by molar-refractivity contribution is -0.145. The number of ether oxygens (including phenoxy) is 1. The van der Waals surface area contributed by atoms with Crippen molar-refractivity contribution >= 4 is 5.97 Å². The van der Waals surface area contributed by atoms with Crippen LogP contribution in [0.2, 0.25) is 0 Å². The Balaban J connectivity index is 2.35. The van der Waals surface area contributed by atoms with Crippen molar-refractivity contribution in [3.63, 3.8) is 0 Å². The fraction of sp³-hybridized carbons (Fsp3) is 0.533. The molecule has 0 aliphatic rings. The van der Waals surface area contributed by atoms with Gasteiger partial charge in [0.2, 0.25) is 0 Å². The molecule has 0 spiro atoms. The number of carbonyl (C=O) groups is 1. The number of unbranched alkanes of at least 4 members (excludes halogenated alkanes) is 1. The third kappa shape index (κ3) is 5.82. The molecular weight excluding hydrogens is 226 g/mol. The summed E-state index contributed by atoms with van der Waals surface area (Å²) in [5.74, 6) is -0.124. The number of carbonyl (C=O) groups excluding carboxylic acids is 1. The number of rotatable bonds is 8. The van der Waals surface area contributed by atoms with Gasteiger partial charge in [-0.1, -0.05) is 50.6 Å². The third-order valence-electron chi connectivity index (χ3n) is 2.81. The normalized spacial score (nSPS) is 10.6. The zero-order chi connectivity index (χ0) is 13.2. The Morgan fingerprint density at radius 2 is 1.94 bits per heavy atom. The van der Waals surface area contributed by atoms with Crippen LogP contribution < -0.4 is 0 Å². The first-order valence-electron chi connectivity index (χ1n) is 6.68. The van der Waals surface area contributed by atoms with Crippen molar-refractivity contribution in [2.75, 3.05) is 19.7 Å². The van der Waals surface area contributed by atoms with Gasteiger partial charge in [0.05, 0.1) is 13.2 Å². The average molecular weight is 249 g/mol. The third-order valence-corrected chi connectivity index (χ3v) is 2.81. The Morgan fingerprint density at radius 1 is 1.22 bits per heavy atom. The molecule has 0 aliphatic carbocycles. The maximum atomic E-state index is 11.6. The molecule has 0 bridgehead atoms. The Hall–Kier alpha value is -1.35. The molecule has 0 N–H and O–H groups in total. The predicted octanol–water partition coefficient (Wildman–Crippen LogP) is 2.85. The molecule has 0 saturated carbocycles. The SMILES string of the molecule is CCCCOC(=O)CN(CC)Cc1ccccc1. The zero-order valence-electron chi connectivity index (χ0n) is 11.4. The van der Waals surface area contributed by atoms with Gasteiger partial charge in [-0.15, -0.1) is 0 Å². The van der Waals surface area contributed by atoms with Gasteiger partial charge in [0.15, 0.2) is 0 Å². The molecule has 1 aromatic carbocycles. The van der Waals surface area contributed by atoms with Gasteiger partial charge in [-0.25, -0.2) is 0 Å². The van der Waals surface area contributed by atoms with E-state index in [0.717, 1.165) is 25.9 Å². The minimum atomic E-state index is -0.124. The number of likely N-dealkylation sites (N-methyl/N-ethyl adjacent to an activating group) is 1. The van der Waals surface area contributed by atoms with Crippen LogP contribution >= 0.6 is 0 Å². The quantitative estimate of drug-likeness (QED) is 0.524. The Morgan fingerprint density at radius 3 is 2.56 bits per heavy atom. The molecule has 0 heterocycles. The zero-order valence-corrected chi connectivity index (χ0v) is 11.4. The van der Waals surface area contributed by atoms with Gasteiger partial charge in [0.1, 0.15) is 0 Å². The molecule has 0 radical (unpaired) electrons. The summed E-state index contributed by atoms with van der Waals surface area (Å²) in [6.45, 7) is 6.69. The average Bonchev–Trinajstić information content (AvgIpc) is 2.39. The van der Waals surface area contributed by atoms with E-state index in [-0.39, 0.29) is 5.97 Å². The molecule has 0 fully saturated rings. The van der Waals surface area contributed by atoms with E-state index in [1.54, 1.807) is 0 Å². The molecule has 3 nitrogen and oxygen atoms in total. The molecular formula is C15H23NO2. The van der Waals surface area contributed by atoms with E-state index in [0.29, 0.717) is 13.2 Å². The number of esters is 1. The molecule has 18 heavy (non-hydrogen) atoms. The van der Waals surface area contributed by atoms with Crippen molar-refractivity contribution in [3.8, 4) is 0 Å². The molecule has 0 aromatic heterocycles. The summed E-state index contributed by atoms with van der Waals surface area (Å²) in [6, 6.07) is 10.2. The molecule has 100 valence electrons. The van der Waals surface area contributed by atoms with Gasteiger partial charge in [0, 0.05) is 6.54 Å². The number of hydrogen-bond acceptors (Lipinski definition) is 3. The van der Waals surface area contributed by atoms with Crippen molar-refractivity contribution < 1.29 is 9.53 Å². The van der Waals surface area contributed by atoms with Gasteiger partial charge < -0.3 is 4.74 Å². The van der Waals surface area contributed by atoms with Gasteiger partial charge in [-0.2, -0.15) is 0 Å². The smallest absolute Gasteiger partial charge is 0.320 e. The summed E-state index contributed by atoms with van der Waals surface area (Å²) in [4.78, 5) is 13.7. The van der Waals surface area contributed by atoms with Crippen molar-refractivity contribution in [1.29, 1.82) is 0 Å². The van der Waals surface area contributed by atoms with Crippen LogP contribution in [0.5, 0.6) is 0 Å². The van der Waals surface area contributed by atoms with Gasteiger partial charge in [0.25, 0.3) is 0 Å². The van der Waals surface area contributed by atoms with E-state index >= 15 is 0 Å². The number of hydrogen-bond donors (Lipinski definition) is 0. The number of nitrogens with zero attached hydrogens (tertiary/aromatic N) is 1. The van der Waals surface area contributed by atoms with Crippen molar-refractivity contribution in [3.05, 3.63) is 35.9 Å². The highest BCUT2D eigenvalue weighted by molar-refractivity contribution is 5.71. The standard InChI is InChI=1S/C15H23NO2/c1-3-5-11-18-15(17)13-16(4-2)12-14-9-7-6-8-10-14/h6-10H,3-5,11-13H2,1-2H3. The lowest BCUT2D eigenvalue weighted by Crippen LogP contribution is -2.30. The van der Waals surface area contributed by atoms with E-state index in [9.17, 15) is 4.79 Å². The maximum absolute atomic E-state index is 11.6. The second-order valence-corrected chi connectivity index (χ2v) is 4.36. The molecule has 0 unspecified atom stereocenters. The van der Waals surface area contributed by atoms with Crippen molar-refractivity contribution in [2.24, 2.45) is 0 Å². The molecule has 3 heteroatoms. The number of benzene rings is 1. The van der Waals surface area contributed by atoms with Crippen LogP contribution in [0.25, 0.3) is 0 Å². The maximum Gasteiger partial charge on any atom is 0.320 e. The van der Waals surface area contributed by atoms with Crippen molar-refractivity contribution in [1.82, 2.24) is 4.90 Å². The highest BCUT2D eigenvalue weighted by Crippen LogP contribution is 2.04. The summed E-state index contributed by atoms with van der Waals surface area (Å²) < 4.78 is 5.17. The summed E-state index contributed by atoms with van der Waals surface area (Å²) >= 11 is 0. The fourth-order valence-electron chi connectivity index (χ4n) is 1.68. The first-order valence-corrected chi connectivity index (χ1v) is 6.68. The molecule has 0 atom stereocenters. The largest absolute Gasteiger partial charge is 0.465 e. The highest BCUT2D eigenvalue weighted by atomic mass is 16.5. The minimum Gasteiger partial charge on any atom is -0.465 e. The van der Waals surface area contributed by atoms with Gasteiger partial charge in [-0.05, 0) is 18.5 Å². The molecule has 0 saturated heterocycles. The second-order valence-electron chi connectivity index (χ2n) is 4.36. The van der Waals surface area contributed by atoms with E-state index in [2.05, 4.69) is 30.9 Å². The Labute approximate surface area is 110 Å². The first-order chi connectivity index (χ1) is 8.76. The predicted molar refractivity (Wildman–Crippen MR) is 73.3 cm³/mol. The van der Waals surface area contributed by atoms with Crippen LogP contribution in [0.1, 0.15) is 32.3 Å². The summed E-state index contributed by atoms with van der Waals surface area (Å²) in [6.07, 6.45) is 1.99. The summed E-state index contributed by atoms with van der Waals surface area (Å²) in [7, 11) is 0. The van der Waals surface area contributed by atoms with Crippen LogP contribution in [0.4, 0.5) is 0 Å². The Bertz CT molecular complexity index is 338. The molecule has 0 aliphatic heterocycles. The minimum absolute atomic E-state index is 0.124. The molecule has 0 amide bonds. The highest BCUT2D eigenvalue weighted by Gasteiger charge is 2.10. The van der Waals surface area contributed by atoms with Crippen molar-refractivity contribution in [2.45, 2.75) is 33.2 Å². The lowest BCUT2D eigenvalue weighted by atomic mass is 10.2. The van der Waals surface area contributed by atoms with E-state index < -0.39 is 0 Å². The molecule has 1 aromatic rings.